The molecule has 2 aliphatic heterocycles. The molecule has 170 valence electrons. The molecule has 1 aromatic heterocycles. The summed E-state index contributed by atoms with van der Waals surface area (Å²) in [4.78, 5) is 33.3. The van der Waals surface area contributed by atoms with Crippen LogP contribution in [0, 0.1) is 6.92 Å². The average molecular weight is 447 g/mol. The lowest BCUT2D eigenvalue weighted by Crippen LogP contribution is -2.60. The van der Waals surface area contributed by atoms with Gasteiger partial charge < -0.3 is 15.5 Å². The summed E-state index contributed by atoms with van der Waals surface area (Å²) >= 11 is 0. The molecule has 0 spiro atoms. The number of benzene rings is 1. The number of halogens is 3. The Morgan fingerprint density at radius 3 is 2.75 bits per heavy atom. The average Bonchev–Trinajstić information content (AvgIpc) is 2.74. The van der Waals surface area contributed by atoms with E-state index >= 15 is 0 Å². The lowest BCUT2D eigenvalue weighted by atomic mass is 10.0. The fourth-order valence-electron chi connectivity index (χ4n) is 4.28. The van der Waals surface area contributed by atoms with Crippen molar-refractivity contribution >= 4 is 23.3 Å². The van der Waals surface area contributed by atoms with E-state index in [4.69, 9.17) is 0 Å². The van der Waals surface area contributed by atoms with Crippen LogP contribution in [0.3, 0.4) is 0 Å². The number of hydrogen-bond acceptors (Lipinski definition) is 5. The van der Waals surface area contributed by atoms with Gasteiger partial charge in [-0.3, -0.25) is 14.5 Å². The minimum atomic E-state index is -4.43. The van der Waals surface area contributed by atoms with E-state index < -0.39 is 17.8 Å². The van der Waals surface area contributed by atoms with Crippen molar-refractivity contribution in [2.75, 3.05) is 36.4 Å². The second kappa shape index (κ2) is 8.42. The maximum Gasteiger partial charge on any atom is 0.416 e. The molecule has 2 N–H and O–H groups in total. The van der Waals surface area contributed by atoms with Crippen molar-refractivity contribution in [3.63, 3.8) is 0 Å². The largest absolute Gasteiger partial charge is 0.416 e. The molecule has 0 bridgehead atoms. The zero-order valence-electron chi connectivity index (χ0n) is 17.8. The first-order chi connectivity index (χ1) is 15.2. The van der Waals surface area contributed by atoms with Crippen LogP contribution in [0.2, 0.25) is 0 Å². The highest BCUT2D eigenvalue weighted by Crippen LogP contribution is 2.37. The molecule has 7 nitrogen and oxygen atoms in total. The maximum absolute atomic E-state index is 13.3. The number of pyridine rings is 1. The van der Waals surface area contributed by atoms with Gasteiger partial charge in [-0.25, -0.2) is 4.98 Å². The van der Waals surface area contributed by atoms with Crippen LogP contribution >= 0.6 is 0 Å². The molecule has 10 heteroatoms. The van der Waals surface area contributed by atoms with Crippen molar-refractivity contribution in [3.8, 4) is 0 Å². The van der Waals surface area contributed by atoms with Crippen molar-refractivity contribution in [3.05, 3.63) is 52.7 Å². The Hall–Kier alpha value is -3.14. The second-order valence-electron chi connectivity index (χ2n) is 7.94. The summed E-state index contributed by atoms with van der Waals surface area (Å²) in [7, 11) is 0. The minimum absolute atomic E-state index is 0.0999. The van der Waals surface area contributed by atoms with E-state index in [0.717, 1.165) is 6.07 Å². The highest BCUT2D eigenvalue weighted by atomic mass is 19.4. The van der Waals surface area contributed by atoms with Crippen molar-refractivity contribution < 1.29 is 22.8 Å². The van der Waals surface area contributed by atoms with Gasteiger partial charge in [0.25, 0.3) is 5.91 Å². The number of amides is 2. The molecule has 0 saturated carbocycles. The third kappa shape index (κ3) is 4.02. The van der Waals surface area contributed by atoms with Gasteiger partial charge >= 0.3 is 6.18 Å². The van der Waals surface area contributed by atoms with Gasteiger partial charge in [-0.05, 0) is 31.0 Å². The summed E-state index contributed by atoms with van der Waals surface area (Å²) in [5.41, 5.74) is 1.06. The van der Waals surface area contributed by atoms with Gasteiger partial charge in [-0.15, -0.1) is 0 Å². The Kier molecular flexibility index (Phi) is 5.81. The summed E-state index contributed by atoms with van der Waals surface area (Å²) in [6.07, 6.45) is -2.93. The van der Waals surface area contributed by atoms with E-state index in [1.165, 1.54) is 18.3 Å². The molecule has 1 saturated heterocycles. The number of anilines is 2. The number of nitrogens with zero attached hydrogens (tertiary/aromatic N) is 3. The number of alkyl halides is 3. The maximum atomic E-state index is 13.3. The molecule has 3 heterocycles. The monoisotopic (exact) mass is 447 g/mol. The van der Waals surface area contributed by atoms with Crippen LogP contribution in [0.5, 0.6) is 0 Å². The standard InChI is InChI=1S/C22H24F3N5O2/c1-3-26-20(31)15-10-27-19-18(13(15)2)28-21(32)17-12-29(8-9-30(17)19)11-14-6-4-5-7-16(14)22(23,24)25/h4-7,10,17H,3,8-9,11-12H2,1-2H3,(H,26,31)(H,28,32). The molecule has 2 amide bonds. The summed E-state index contributed by atoms with van der Waals surface area (Å²) in [5.74, 6) is 0.0598. The zero-order valence-corrected chi connectivity index (χ0v) is 17.8. The number of carbonyl (C=O) groups is 2. The molecular formula is C22H24F3N5O2. The van der Waals surface area contributed by atoms with Crippen molar-refractivity contribution in [2.45, 2.75) is 32.6 Å². The normalized spacial score (nSPS) is 18.6. The SMILES string of the molecule is CCNC(=O)c1cnc2c(c1C)NC(=O)C1CN(Cc3ccccc3C(F)(F)F)CCN21. The predicted molar refractivity (Wildman–Crippen MR) is 113 cm³/mol. The second-order valence-corrected chi connectivity index (χ2v) is 7.94. The summed E-state index contributed by atoms with van der Waals surface area (Å²) < 4.78 is 40.0. The molecular weight excluding hydrogens is 423 g/mol. The van der Waals surface area contributed by atoms with E-state index in [2.05, 4.69) is 15.6 Å². The number of aromatic nitrogens is 1. The van der Waals surface area contributed by atoms with Gasteiger partial charge in [0, 0.05) is 38.9 Å². The quantitative estimate of drug-likeness (QED) is 0.754. The first kappa shape index (κ1) is 22.1. The van der Waals surface area contributed by atoms with Crippen LogP contribution in [0.15, 0.2) is 30.5 Å². The summed E-state index contributed by atoms with van der Waals surface area (Å²) in [5, 5.41) is 5.58. The molecule has 1 aromatic carbocycles. The van der Waals surface area contributed by atoms with Crippen LogP contribution in [0.4, 0.5) is 24.7 Å². The van der Waals surface area contributed by atoms with Crippen molar-refractivity contribution in [2.24, 2.45) is 0 Å². The van der Waals surface area contributed by atoms with Crippen molar-refractivity contribution in [1.82, 2.24) is 15.2 Å². The van der Waals surface area contributed by atoms with Gasteiger partial charge in [0.15, 0.2) is 5.82 Å². The Morgan fingerprint density at radius 2 is 2.03 bits per heavy atom. The van der Waals surface area contributed by atoms with Crippen LogP contribution < -0.4 is 15.5 Å². The van der Waals surface area contributed by atoms with Crippen LogP contribution in [-0.4, -0.2) is 53.9 Å². The Labute approximate surface area is 183 Å². The fraction of sp³-hybridized carbons (Fsp3) is 0.409. The van der Waals surface area contributed by atoms with E-state index in [9.17, 15) is 22.8 Å². The van der Waals surface area contributed by atoms with Gasteiger partial charge in [-0.1, -0.05) is 18.2 Å². The molecule has 2 aromatic rings. The third-order valence-electron chi connectivity index (χ3n) is 5.90. The number of piperazine rings is 1. The van der Waals surface area contributed by atoms with Gasteiger partial charge in [0.2, 0.25) is 5.91 Å². The Bertz CT molecular complexity index is 1060. The van der Waals surface area contributed by atoms with Crippen LogP contribution in [-0.2, 0) is 17.5 Å². The van der Waals surface area contributed by atoms with E-state index in [1.54, 1.807) is 13.0 Å². The first-order valence-electron chi connectivity index (χ1n) is 10.4. The van der Waals surface area contributed by atoms with Crippen LogP contribution in [0.1, 0.15) is 34.0 Å². The van der Waals surface area contributed by atoms with Gasteiger partial charge in [-0.2, -0.15) is 13.2 Å². The number of rotatable bonds is 4. The molecule has 4 rings (SSSR count). The predicted octanol–water partition coefficient (Wildman–Crippen LogP) is 2.80. The van der Waals surface area contributed by atoms with Gasteiger partial charge in [0.05, 0.1) is 16.8 Å². The highest BCUT2D eigenvalue weighted by Gasteiger charge is 2.40. The van der Waals surface area contributed by atoms with E-state index in [0.29, 0.717) is 42.3 Å². The fourth-order valence-corrected chi connectivity index (χ4v) is 4.28. The number of fused-ring (bicyclic) bond motifs is 3. The zero-order chi connectivity index (χ0) is 23.0. The molecule has 1 unspecified atom stereocenters. The van der Waals surface area contributed by atoms with Crippen LogP contribution in [0.25, 0.3) is 0 Å². The summed E-state index contributed by atoms with van der Waals surface area (Å²) in [6.45, 7) is 5.34. The molecule has 1 fully saturated rings. The third-order valence-corrected chi connectivity index (χ3v) is 5.90. The smallest absolute Gasteiger partial charge is 0.352 e. The Balaban J connectivity index is 1.56. The lowest BCUT2D eigenvalue weighted by molar-refractivity contribution is -0.138. The minimum Gasteiger partial charge on any atom is -0.352 e. The lowest BCUT2D eigenvalue weighted by Gasteiger charge is -2.44. The molecule has 32 heavy (non-hydrogen) atoms. The molecule has 0 aliphatic carbocycles. The molecule has 0 radical (unpaired) electrons. The topological polar surface area (TPSA) is 77.6 Å². The summed E-state index contributed by atoms with van der Waals surface area (Å²) in [6, 6.07) is 4.94. The van der Waals surface area contributed by atoms with Gasteiger partial charge in [0.1, 0.15) is 6.04 Å². The Morgan fingerprint density at radius 1 is 1.28 bits per heavy atom. The van der Waals surface area contributed by atoms with E-state index in [1.807, 2.05) is 16.7 Å². The van der Waals surface area contributed by atoms with Crippen molar-refractivity contribution in [1.29, 1.82) is 0 Å². The number of nitrogens with one attached hydrogen (secondary N) is 2. The van der Waals surface area contributed by atoms with E-state index in [-0.39, 0.29) is 30.5 Å². The number of hydrogen-bond donors (Lipinski definition) is 2. The number of carbonyl (C=O) groups excluding carboxylic acids is 2. The molecule has 1 atom stereocenters. The molecule has 2 aliphatic rings. The highest BCUT2D eigenvalue weighted by molar-refractivity contribution is 6.06. The first-order valence-corrected chi connectivity index (χ1v) is 10.4.